The summed E-state index contributed by atoms with van der Waals surface area (Å²) in [6.45, 7) is 2.77. The molecule has 1 aromatic rings. The van der Waals surface area contributed by atoms with Gasteiger partial charge in [-0.1, -0.05) is 18.2 Å². The molecular formula is C14H19ClN4O2. The molecule has 0 aromatic heterocycles. The van der Waals surface area contributed by atoms with Crippen molar-refractivity contribution < 1.29 is 9.59 Å². The maximum atomic E-state index is 12.2. The van der Waals surface area contributed by atoms with Crippen LogP contribution in [0.25, 0.3) is 0 Å². The number of hydrogen-bond donors (Lipinski definition) is 2. The van der Waals surface area contributed by atoms with E-state index in [2.05, 4.69) is 10.6 Å². The van der Waals surface area contributed by atoms with Crippen LogP contribution in [0.5, 0.6) is 0 Å². The van der Waals surface area contributed by atoms with Gasteiger partial charge in [-0.25, -0.2) is 4.79 Å². The molecule has 2 heterocycles. The third kappa shape index (κ3) is 3.39. The summed E-state index contributed by atoms with van der Waals surface area (Å²) in [7, 11) is 0. The van der Waals surface area contributed by atoms with Crippen molar-refractivity contribution in [2.45, 2.75) is 6.04 Å². The van der Waals surface area contributed by atoms with Crippen LogP contribution >= 0.6 is 12.4 Å². The highest BCUT2D eigenvalue weighted by Crippen LogP contribution is 2.14. The van der Waals surface area contributed by atoms with E-state index in [9.17, 15) is 9.59 Å². The molecule has 2 aliphatic rings. The van der Waals surface area contributed by atoms with Crippen LogP contribution in [0.2, 0.25) is 0 Å². The molecule has 6 nitrogen and oxygen atoms in total. The van der Waals surface area contributed by atoms with Crippen LogP contribution in [-0.4, -0.2) is 60.5 Å². The minimum atomic E-state index is -0.00971. The van der Waals surface area contributed by atoms with Gasteiger partial charge in [0.25, 0.3) is 0 Å². The summed E-state index contributed by atoms with van der Waals surface area (Å²) in [5, 5.41) is 5.94. The van der Waals surface area contributed by atoms with Gasteiger partial charge in [-0.15, -0.1) is 12.4 Å². The van der Waals surface area contributed by atoms with Crippen molar-refractivity contribution in [1.29, 1.82) is 0 Å². The van der Waals surface area contributed by atoms with Crippen molar-refractivity contribution in [3.63, 3.8) is 0 Å². The van der Waals surface area contributed by atoms with E-state index < -0.39 is 0 Å². The molecule has 0 saturated carbocycles. The van der Waals surface area contributed by atoms with Crippen LogP contribution in [0.3, 0.4) is 0 Å². The Morgan fingerprint density at radius 2 is 2.05 bits per heavy atom. The third-order valence-electron chi connectivity index (χ3n) is 3.80. The number of fused-ring (bicyclic) bond motifs is 1. The lowest BCUT2D eigenvalue weighted by molar-refractivity contribution is -0.131. The summed E-state index contributed by atoms with van der Waals surface area (Å²) < 4.78 is 0. The zero-order valence-corrected chi connectivity index (χ0v) is 12.4. The number of halogens is 1. The summed E-state index contributed by atoms with van der Waals surface area (Å²) in [6.07, 6.45) is 0. The fourth-order valence-corrected chi connectivity index (χ4v) is 2.68. The molecule has 0 spiro atoms. The maximum Gasteiger partial charge on any atom is 0.317 e. The molecule has 3 amide bonds. The zero-order valence-electron chi connectivity index (χ0n) is 11.6. The minimum Gasteiger partial charge on any atom is -0.376 e. The predicted molar refractivity (Wildman–Crippen MR) is 82.7 cm³/mol. The van der Waals surface area contributed by atoms with Crippen molar-refractivity contribution in [2.75, 3.05) is 38.0 Å². The number of hydrogen-bond acceptors (Lipinski definition) is 3. The maximum absolute atomic E-state index is 12.2. The first-order chi connectivity index (χ1) is 9.74. The van der Waals surface area contributed by atoms with Gasteiger partial charge in [-0.3, -0.25) is 4.79 Å². The van der Waals surface area contributed by atoms with Gasteiger partial charge in [0.05, 0.1) is 12.6 Å². The summed E-state index contributed by atoms with van der Waals surface area (Å²) in [6, 6.07) is 9.79. The summed E-state index contributed by atoms with van der Waals surface area (Å²) in [5.41, 5.74) is 0.942. The highest BCUT2D eigenvalue weighted by Gasteiger charge is 2.36. The summed E-state index contributed by atoms with van der Waals surface area (Å²) in [5.74, 6) is 0.0767. The van der Waals surface area contributed by atoms with Gasteiger partial charge >= 0.3 is 6.03 Å². The molecule has 2 N–H and O–H groups in total. The fraction of sp³-hybridized carbons (Fsp3) is 0.429. The van der Waals surface area contributed by atoms with Crippen LogP contribution in [-0.2, 0) is 4.79 Å². The van der Waals surface area contributed by atoms with E-state index in [1.807, 2.05) is 40.1 Å². The monoisotopic (exact) mass is 310 g/mol. The topological polar surface area (TPSA) is 64.7 Å². The number of carbonyl (C=O) groups is 2. The molecule has 7 heteroatoms. The molecule has 1 unspecified atom stereocenters. The zero-order chi connectivity index (χ0) is 13.9. The molecule has 21 heavy (non-hydrogen) atoms. The number of rotatable bonds is 3. The molecule has 1 aromatic carbocycles. The lowest BCUT2D eigenvalue weighted by Gasteiger charge is -2.36. The van der Waals surface area contributed by atoms with E-state index in [0.717, 1.165) is 5.69 Å². The van der Waals surface area contributed by atoms with Gasteiger partial charge in [0.2, 0.25) is 5.91 Å². The quantitative estimate of drug-likeness (QED) is 0.866. The van der Waals surface area contributed by atoms with Crippen LogP contribution in [0.4, 0.5) is 10.5 Å². The first-order valence-corrected chi connectivity index (χ1v) is 6.85. The number of piperazine rings is 1. The normalized spacial score (nSPS) is 20.4. The Kier molecular flexibility index (Phi) is 4.90. The first-order valence-electron chi connectivity index (χ1n) is 6.85. The number of nitrogens with zero attached hydrogens (tertiary/aromatic N) is 2. The van der Waals surface area contributed by atoms with E-state index in [4.69, 9.17) is 0 Å². The lowest BCUT2D eigenvalue weighted by atomic mass is 10.2. The molecule has 114 valence electrons. The lowest BCUT2D eigenvalue weighted by Crippen LogP contribution is -2.54. The third-order valence-corrected chi connectivity index (χ3v) is 3.80. The van der Waals surface area contributed by atoms with Gasteiger partial charge < -0.3 is 20.4 Å². The second-order valence-corrected chi connectivity index (χ2v) is 5.09. The van der Waals surface area contributed by atoms with E-state index in [1.54, 1.807) is 0 Å². The van der Waals surface area contributed by atoms with Crippen LogP contribution in [0.1, 0.15) is 0 Å². The second-order valence-electron chi connectivity index (χ2n) is 5.09. The average Bonchev–Trinajstić information content (AvgIpc) is 2.87. The standard InChI is InChI=1S/C14H18N4O2.ClH/c19-13(9-15-11-4-2-1-3-5-11)17-6-7-18-12(10-17)8-16-14(18)20;/h1-5,12,15H,6-10H2,(H,16,20);1H. The Balaban J connectivity index is 0.00000161. The Bertz CT molecular complexity index is 511. The SMILES string of the molecule is Cl.O=C(CNc1ccccc1)N1CCN2C(=O)NCC2C1. The molecule has 0 radical (unpaired) electrons. The molecule has 2 aliphatic heterocycles. The van der Waals surface area contributed by atoms with E-state index in [1.165, 1.54) is 0 Å². The van der Waals surface area contributed by atoms with Crippen molar-refractivity contribution in [3.8, 4) is 0 Å². The van der Waals surface area contributed by atoms with Crippen LogP contribution in [0.15, 0.2) is 30.3 Å². The van der Waals surface area contributed by atoms with E-state index >= 15 is 0 Å². The molecule has 3 rings (SSSR count). The number of anilines is 1. The van der Waals surface area contributed by atoms with Gasteiger partial charge in [0.15, 0.2) is 0 Å². The molecule has 2 saturated heterocycles. The molecule has 2 fully saturated rings. The van der Waals surface area contributed by atoms with E-state index in [-0.39, 0.29) is 36.9 Å². The van der Waals surface area contributed by atoms with Crippen molar-refractivity contribution in [3.05, 3.63) is 30.3 Å². The molecular weight excluding hydrogens is 292 g/mol. The number of amides is 3. The Morgan fingerprint density at radius 3 is 2.81 bits per heavy atom. The van der Waals surface area contributed by atoms with Crippen molar-refractivity contribution in [1.82, 2.24) is 15.1 Å². The van der Waals surface area contributed by atoms with Gasteiger partial charge in [-0.2, -0.15) is 0 Å². The van der Waals surface area contributed by atoms with Crippen molar-refractivity contribution >= 4 is 30.0 Å². The van der Waals surface area contributed by atoms with Crippen LogP contribution in [0, 0.1) is 0 Å². The Hall–Kier alpha value is -1.95. The first kappa shape index (κ1) is 15.4. The van der Waals surface area contributed by atoms with Gasteiger partial charge in [0, 0.05) is 31.9 Å². The summed E-state index contributed by atoms with van der Waals surface area (Å²) in [4.78, 5) is 27.3. The highest BCUT2D eigenvalue weighted by molar-refractivity contribution is 5.85. The number of para-hydroxylation sites is 1. The number of nitrogens with one attached hydrogen (secondary N) is 2. The average molecular weight is 311 g/mol. The highest BCUT2D eigenvalue weighted by atomic mass is 35.5. The smallest absolute Gasteiger partial charge is 0.317 e. The Labute approximate surface area is 129 Å². The summed E-state index contributed by atoms with van der Waals surface area (Å²) >= 11 is 0. The number of carbonyl (C=O) groups excluding carboxylic acids is 2. The van der Waals surface area contributed by atoms with Crippen molar-refractivity contribution in [2.24, 2.45) is 0 Å². The Morgan fingerprint density at radius 1 is 1.29 bits per heavy atom. The van der Waals surface area contributed by atoms with E-state index in [0.29, 0.717) is 26.2 Å². The molecule has 0 aliphatic carbocycles. The molecule has 0 bridgehead atoms. The minimum absolute atomic E-state index is 0. The fourth-order valence-electron chi connectivity index (χ4n) is 2.68. The number of urea groups is 1. The largest absolute Gasteiger partial charge is 0.376 e. The predicted octanol–water partition coefficient (Wildman–Crippen LogP) is 0.756. The van der Waals surface area contributed by atoms with Crippen LogP contribution < -0.4 is 10.6 Å². The second kappa shape index (κ2) is 6.67. The number of benzene rings is 1. The van der Waals surface area contributed by atoms with Gasteiger partial charge in [-0.05, 0) is 12.1 Å². The molecule has 1 atom stereocenters. The van der Waals surface area contributed by atoms with Gasteiger partial charge in [0.1, 0.15) is 0 Å².